The molecule has 0 aromatic rings. The molecular weight excluding hydrogens is 284 g/mol. The van der Waals surface area contributed by atoms with Gasteiger partial charge in [0, 0.05) is 19.2 Å². The van der Waals surface area contributed by atoms with Gasteiger partial charge in [-0.25, -0.2) is 0 Å². The van der Waals surface area contributed by atoms with E-state index in [0.717, 1.165) is 38.5 Å². The lowest BCUT2D eigenvalue weighted by Crippen LogP contribution is -2.55. The minimum absolute atomic E-state index is 0.0943. The number of aliphatic hydroxyl groups excluding tert-OH is 1. The fourth-order valence-electron chi connectivity index (χ4n) is 3.21. The van der Waals surface area contributed by atoms with E-state index in [1.54, 1.807) is 0 Å². The van der Waals surface area contributed by atoms with Gasteiger partial charge in [-0.15, -0.1) is 0 Å². The Morgan fingerprint density at radius 3 is 2.24 bits per heavy atom. The van der Waals surface area contributed by atoms with Crippen molar-refractivity contribution in [1.82, 2.24) is 4.90 Å². The molecule has 0 unspecified atom stereocenters. The fourth-order valence-corrected chi connectivity index (χ4v) is 3.50. The van der Waals surface area contributed by atoms with Crippen molar-refractivity contribution in [3.63, 3.8) is 0 Å². The number of hydrogen-bond acceptors (Lipinski definition) is 3. The monoisotopic (exact) mass is 314 g/mol. The van der Waals surface area contributed by atoms with Crippen molar-refractivity contribution in [2.45, 2.75) is 71.3 Å². The average Bonchev–Trinajstić information content (AvgIpc) is 2.39. The van der Waals surface area contributed by atoms with Crippen molar-refractivity contribution in [2.75, 3.05) is 13.2 Å². The van der Waals surface area contributed by atoms with E-state index >= 15 is 0 Å². The summed E-state index contributed by atoms with van der Waals surface area (Å²) in [6, 6.07) is 0.312. The van der Waals surface area contributed by atoms with Crippen LogP contribution in [0.15, 0.2) is 0 Å². The first-order valence-corrected chi connectivity index (χ1v) is 8.66. The number of carbonyl (C=O) groups is 1. The van der Waals surface area contributed by atoms with Crippen molar-refractivity contribution < 1.29 is 9.90 Å². The second kappa shape index (κ2) is 8.69. The highest BCUT2D eigenvalue weighted by Crippen LogP contribution is 2.36. The minimum atomic E-state index is -0.691. The highest BCUT2D eigenvalue weighted by Gasteiger charge is 2.44. The Labute approximate surface area is 134 Å². The zero-order valence-electron chi connectivity index (χ0n) is 13.4. The second-order valence-corrected chi connectivity index (χ2v) is 6.55. The van der Waals surface area contributed by atoms with Gasteiger partial charge in [-0.05, 0) is 38.5 Å². The standard InChI is InChI=1S/C16H30N2O2S/c1-3-9-16(10-4-2,14(17)21)15(20)18(11-6-12-19)13-7-5-8-13/h13,19H,3-12H2,1-2H3,(H2,17,21). The molecule has 0 heterocycles. The summed E-state index contributed by atoms with van der Waals surface area (Å²) in [6.07, 6.45) is 7.13. The Bertz CT molecular complexity index is 350. The molecule has 0 saturated heterocycles. The molecule has 0 aliphatic heterocycles. The van der Waals surface area contributed by atoms with Crippen LogP contribution in [0.3, 0.4) is 0 Å². The quantitative estimate of drug-likeness (QED) is 0.608. The van der Waals surface area contributed by atoms with Gasteiger partial charge in [-0.2, -0.15) is 0 Å². The lowest BCUT2D eigenvalue weighted by atomic mass is 9.76. The predicted molar refractivity (Wildman–Crippen MR) is 90.1 cm³/mol. The molecule has 1 rings (SSSR count). The molecule has 122 valence electrons. The third-order valence-corrected chi connectivity index (χ3v) is 4.96. The van der Waals surface area contributed by atoms with Gasteiger partial charge in [0.2, 0.25) is 5.91 Å². The van der Waals surface area contributed by atoms with Crippen molar-refractivity contribution in [3.05, 3.63) is 0 Å². The zero-order chi connectivity index (χ0) is 15.9. The number of thiocarbonyl (C=S) groups is 1. The molecule has 1 fully saturated rings. The van der Waals surface area contributed by atoms with E-state index in [9.17, 15) is 4.79 Å². The Kier molecular flexibility index (Phi) is 7.60. The third kappa shape index (κ3) is 4.16. The maximum atomic E-state index is 13.2. The molecule has 4 nitrogen and oxygen atoms in total. The summed E-state index contributed by atoms with van der Waals surface area (Å²) in [5.74, 6) is 0.0943. The number of hydrogen-bond donors (Lipinski definition) is 2. The van der Waals surface area contributed by atoms with Crippen LogP contribution in [0.1, 0.15) is 65.2 Å². The molecule has 5 heteroatoms. The maximum absolute atomic E-state index is 13.2. The van der Waals surface area contributed by atoms with Gasteiger partial charge in [0.1, 0.15) is 0 Å². The van der Waals surface area contributed by atoms with E-state index in [1.807, 2.05) is 4.90 Å². The van der Waals surface area contributed by atoms with Crippen LogP contribution in [0.5, 0.6) is 0 Å². The van der Waals surface area contributed by atoms with E-state index in [0.29, 0.717) is 24.0 Å². The van der Waals surface area contributed by atoms with Crippen LogP contribution < -0.4 is 5.73 Å². The van der Waals surface area contributed by atoms with Crippen LogP contribution in [0.2, 0.25) is 0 Å². The number of amides is 1. The number of nitrogens with two attached hydrogens (primary N) is 1. The number of nitrogens with zero attached hydrogens (tertiary/aromatic N) is 1. The van der Waals surface area contributed by atoms with Crippen molar-refractivity contribution in [2.24, 2.45) is 11.1 Å². The molecule has 1 aliphatic rings. The van der Waals surface area contributed by atoms with Gasteiger partial charge >= 0.3 is 0 Å². The van der Waals surface area contributed by atoms with Crippen LogP contribution in [0, 0.1) is 5.41 Å². The average molecular weight is 314 g/mol. The van der Waals surface area contributed by atoms with Crippen LogP contribution in [-0.2, 0) is 4.79 Å². The van der Waals surface area contributed by atoms with Gasteiger partial charge in [0.15, 0.2) is 0 Å². The van der Waals surface area contributed by atoms with Crippen LogP contribution in [0.25, 0.3) is 0 Å². The molecule has 1 saturated carbocycles. The molecule has 21 heavy (non-hydrogen) atoms. The fraction of sp³-hybridized carbons (Fsp3) is 0.875. The molecule has 1 aliphatic carbocycles. The Morgan fingerprint density at radius 1 is 1.33 bits per heavy atom. The largest absolute Gasteiger partial charge is 0.396 e. The van der Waals surface area contributed by atoms with Gasteiger partial charge < -0.3 is 15.7 Å². The summed E-state index contributed by atoms with van der Waals surface area (Å²) in [6.45, 7) is 4.85. The summed E-state index contributed by atoms with van der Waals surface area (Å²) in [7, 11) is 0. The summed E-state index contributed by atoms with van der Waals surface area (Å²) in [4.78, 5) is 15.5. The topological polar surface area (TPSA) is 66.6 Å². The highest BCUT2D eigenvalue weighted by atomic mass is 32.1. The number of rotatable bonds is 10. The first-order chi connectivity index (χ1) is 10.0. The number of aliphatic hydroxyl groups is 1. The molecule has 0 bridgehead atoms. The lowest BCUT2D eigenvalue weighted by molar-refractivity contribution is -0.143. The molecule has 0 radical (unpaired) electrons. The van der Waals surface area contributed by atoms with Crippen LogP contribution in [-0.4, -0.2) is 40.1 Å². The first-order valence-electron chi connectivity index (χ1n) is 8.25. The summed E-state index contributed by atoms with van der Waals surface area (Å²) >= 11 is 5.29. The summed E-state index contributed by atoms with van der Waals surface area (Å²) < 4.78 is 0. The normalized spacial score (nSPS) is 15.6. The van der Waals surface area contributed by atoms with E-state index in [1.165, 1.54) is 6.42 Å². The molecule has 3 N–H and O–H groups in total. The second-order valence-electron chi connectivity index (χ2n) is 6.11. The van der Waals surface area contributed by atoms with E-state index in [2.05, 4.69) is 13.8 Å². The molecule has 0 atom stereocenters. The van der Waals surface area contributed by atoms with E-state index < -0.39 is 5.41 Å². The molecular formula is C16H30N2O2S. The molecule has 0 aromatic heterocycles. The third-order valence-electron chi connectivity index (χ3n) is 4.57. The minimum Gasteiger partial charge on any atom is -0.396 e. The lowest BCUT2D eigenvalue weighted by Gasteiger charge is -2.43. The highest BCUT2D eigenvalue weighted by molar-refractivity contribution is 7.80. The van der Waals surface area contributed by atoms with E-state index in [-0.39, 0.29) is 12.5 Å². The Hall–Kier alpha value is -0.680. The first kappa shape index (κ1) is 18.4. The van der Waals surface area contributed by atoms with Crippen molar-refractivity contribution >= 4 is 23.1 Å². The van der Waals surface area contributed by atoms with Crippen LogP contribution >= 0.6 is 12.2 Å². The van der Waals surface area contributed by atoms with Crippen molar-refractivity contribution in [3.8, 4) is 0 Å². The molecule has 0 aromatic carbocycles. The van der Waals surface area contributed by atoms with Gasteiger partial charge in [0.25, 0.3) is 0 Å². The summed E-state index contributed by atoms with van der Waals surface area (Å²) in [5, 5.41) is 9.10. The Balaban J connectivity index is 3.00. The van der Waals surface area contributed by atoms with E-state index in [4.69, 9.17) is 23.1 Å². The number of carbonyl (C=O) groups excluding carboxylic acids is 1. The van der Waals surface area contributed by atoms with Gasteiger partial charge in [-0.1, -0.05) is 38.9 Å². The smallest absolute Gasteiger partial charge is 0.235 e. The van der Waals surface area contributed by atoms with Gasteiger partial charge in [-0.3, -0.25) is 4.79 Å². The zero-order valence-corrected chi connectivity index (χ0v) is 14.3. The molecule has 0 spiro atoms. The van der Waals surface area contributed by atoms with Crippen LogP contribution in [0.4, 0.5) is 0 Å². The summed E-state index contributed by atoms with van der Waals surface area (Å²) in [5.41, 5.74) is 5.31. The Morgan fingerprint density at radius 2 is 1.90 bits per heavy atom. The molecule has 1 amide bonds. The predicted octanol–water partition coefficient (Wildman–Crippen LogP) is 2.62. The SMILES string of the molecule is CCCC(CCC)(C(=O)N(CCCO)C1CCC1)C(N)=S. The van der Waals surface area contributed by atoms with Gasteiger partial charge in [0.05, 0.1) is 10.4 Å². The maximum Gasteiger partial charge on any atom is 0.235 e. The van der Waals surface area contributed by atoms with Crippen molar-refractivity contribution in [1.29, 1.82) is 0 Å².